The second-order valence-electron chi connectivity index (χ2n) is 7.85. The van der Waals surface area contributed by atoms with Gasteiger partial charge in [-0.3, -0.25) is 9.69 Å². The summed E-state index contributed by atoms with van der Waals surface area (Å²) < 4.78 is 47.7. The van der Waals surface area contributed by atoms with Crippen LogP contribution in [0.4, 0.5) is 24.7 Å². The van der Waals surface area contributed by atoms with Gasteiger partial charge in [0.25, 0.3) is 0 Å². The van der Waals surface area contributed by atoms with Crippen molar-refractivity contribution in [3.63, 3.8) is 0 Å². The topological polar surface area (TPSA) is 101 Å². The number of anilines is 2. The first-order valence-electron chi connectivity index (χ1n) is 10.7. The molecule has 188 valence electrons. The molecule has 0 radical (unpaired) electrons. The van der Waals surface area contributed by atoms with Crippen LogP contribution in [0.3, 0.4) is 0 Å². The van der Waals surface area contributed by atoms with Crippen molar-refractivity contribution in [2.75, 3.05) is 57.2 Å². The number of ether oxygens (including phenoxy) is 2. The SMILES string of the molecule is COC(=O)c1cc(NC(=O)CN2CCCN(c3ccc(C(F)(F)F)cn3)CC2)cc(C(=O)OC)c1. The fourth-order valence-corrected chi connectivity index (χ4v) is 3.67. The largest absolute Gasteiger partial charge is 0.465 e. The molecule has 9 nitrogen and oxygen atoms in total. The van der Waals surface area contributed by atoms with Gasteiger partial charge >= 0.3 is 18.1 Å². The van der Waals surface area contributed by atoms with Crippen LogP contribution in [0.5, 0.6) is 0 Å². The Kier molecular flexibility index (Phi) is 8.28. The van der Waals surface area contributed by atoms with Gasteiger partial charge in [0.15, 0.2) is 0 Å². The first-order chi connectivity index (χ1) is 16.6. The zero-order chi connectivity index (χ0) is 25.6. The molecule has 12 heteroatoms. The molecule has 0 atom stereocenters. The molecule has 0 spiro atoms. The number of hydrogen-bond donors (Lipinski definition) is 1. The molecule has 3 rings (SSSR count). The number of alkyl halides is 3. The predicted octanol–water partition coefficient (Wildman–Crippen LogP) is 2.82. The fraction of sp³-hybridized carbons (Fsp3) is 0.391. The summed E-state index contributed by atoms with van der Waals surface area (Å²) in [5, 5.41) is 2.68. The van der Waals surface area contributed by atoms with Crippen LogP contribution in [-0.4, -0.2) is 74.7 Å². The number of benzene rings is 1. The van der Waals surface area contributed by atoms with E-state index in [1.807, 2.05) is 9.80 Å². The molecular formula is C23H25F3N4O5. The maximum atomic E-state index is 12.8. The number of aromatic nitrogens is 1. The molecule has 0 unspecified atom stereocenters. The van der Waals surface area contributed by atoms with Crippen LogP contribution in [0.1, 0.15) is 32.7 Å². The van der Waals surface area contributed by atoms with Gasteiger partial charge in [-0.15, -0.1) is 0 Å². The summed E-state index contributed by atoms with van der Waals surface area (Å²) >= 11 is 0. The van der Waals surface area contributed by atoms with Crippen LogP contribution in [-0.2, 0) is 20.4 Å². The Morgan fingerprint density at radius 2 is 1.63 bits per heavy atom. The van der Waals surface area contributed by atoms with Gasteiger partial charge in [-0.1, -0.05) is 0 Å². The van der Waals surface area contributed by atoms with Crippen molar-refractivity contribution in [3.8, 4) is 0 Å². The lowest BCUT2D eigenvalue weighted by molar-refractivity contribution is -0.137. The van der Waals surface area contributed by atoms with E-state index in [-0.39, 0.29) is 29.3 Å². The normalized spacial score (nSPS) is 14.7. The number of amides is 1. The molecule has 1 aromatic carbocycles. The third kappa shape index (κ3) is 6.92. The number of hydrogen-bond acceptors (Lipinski definition) is 8. The highest BCUT2D eigenvalue weighted by atomic mass is 19.4. The van der Waals surface area contributed by atoms with Crippen LogP contribution in [0.25, 0.3) is 0 Å². The molecule has 1 aliphatic heterocycles. The van der Waals surface area contributed by atoms with Crippen molar-refractivity contribution in [2.24, 2.45) is 0 Å². The highest BCUT2D eigenvalue weighted by molar-refractivity contribution is 5.99. The fourth-order valence-electron chi connectivity index (χ4n) is 3.67. The molecule has 1 aromatic heterocycles. The molecule has 1 amide bonds. The number of halogens is 3. The zero-order valence-electron chi connectivity index (χ0n) is 19.2. The summed E-state index contributed by atoms with van der Waals surface area (Å²) in [5.74, 6) is -1.25. The lowest BCUT2D eigenvalue weighted by Gasteiger charge is -2.23. The van der Waals surface area contributed by atoms with Crippen molar-refractivity contribution >= 4 is 29.4 Å². The Morgan fingerprint density at radius 3 is 2.17 bits per heavy atom. The third-order valence-electron chi connectivity index (χ3n) is 5.41. The molecule has 2 aromatic rings. The first-order valence-corrected chi connectivity index (χ1v) is 10.7. The average molecular weight is 494 g/mol. The maximum Gasteiger partial charge on any atom is 0.417 e. The van der Waals surface area contributed by atoms with E-state index < -0.39 is 23.7 Å². The number of carbonyl (C=O) groups is 3. The van der Waals surface area contributed by atoms with Gasteiger partial charge in [0.05, 0.1) is 37.5 Å². The molecule has 2 heterocycles. The van der Waals surface area contributed by atoms with Crippen LogP contribution >= 0.6 is 0 Å². The van der Waals surface area contributed by atoms with E-state index >= 15 is 0 Å². The Morgan fingerprint density at radius 1 is 0.971 bits per heavy atom. The highest BCUT2D eigenvalue weighted by Crippen LogP contribution is 2.29. The minimum Gasteiger partial charge on any atom is -0.465 e. The van der Waals surface area contributed by atoms with Gasteiger partial charge < -0.3 is 19.7 Å². The van der Waals surface area contributed by atoms with Crippen molar-refractivity contribution < 1.29 is 37.0 Å². The van der Waals surface area contributed by atoms with Crippen LogP contribution in [0.2, 0.25) is 0 Å². The number of nitrogens with zero attached hydrogens (tertiary/aromatic N) is 3. The molecule has 1 saturated heterocycles. The van der Waals surface area contributed by atoms with E-state index in [1.54, 1.807) is 0 Å². The van der Waals surface area contributed by atoms with E-state index in [4.69, 9.17) is 9.47 Å². The number of carbonyl (C=O) groups excluding carboxylic acids is 3. The molecule has 35 heavy (non-hydrogen) atoms. The van der Waals surface area contributed by atoms with Gasteiger partial charge in [-0.2, -0.15) is 13.2 Å². The van der Waals surface area contributed by atoms with Gasteiger partial charge in [0.2, 0.25) is 5.91 Å². The van der Waals surface area contributed by atoms with Gasteiger partial charge in [-0.25, -0.2) is 14.6 Å². The van der Waals surface area contributed by atoms with Gasteiger partial charge in [0, 0.05) is 38.1 Å². The van der Waals surface area contributed by atoms with E-state index in [0.29, 0.717) is 38.4 Å². The second-order valence-corrected chi connectivity index (χ2v) is 7.85. The Labute approximate surface area is 199 Å². The van der Waals surface area contributed by atoms with E-state index in [2.05, 4.69) is 10.3 Å². The molecule has 1 N–H and O–H groups in total. The smallest absolute Gasteiger partial charge is 0.417 e. The summed E-state index contributed by atoms with van der Waals surface area (Å²) in [4.78, 5) is 44.2. The zero-order valence-corrected chi connectivity index (χ0v) is 19.2. The molecule has 0 bridgehead atoms. The molecular weight excluding hydrogens is 469 g/mol. The van der Waals surface area contributed by atoms with E-state index in [9.17, 15) is 27.6 Å². The minimum absolute atomic E-state index is 0.0459. The molecule has 0 aliphatic carbocycles. The number of methoxy groups -OCH3 is 2. The number of pyridine rings is 1. The highest BCUT2D eigenvalue weighted by Gasteiger charge is 2.31. The van der Waals surface area contributed by atoms with E-state index in [1.165, 1.54) is 38.5 Å². The summed E-state index contributed by atoms with van der Waals surface area (Å²) in [5.41, 5.74) is -0.398. The van der Waals surface area contributed by atoms with Crippen molar-refractivity contribution in [1.29, 1.82) is 0 Å². The summed E-state index contributed by atoms with van der Waals surface area (Å²) in [6.45, 7) is 2.20. The standard InChI is InChI=1S/C23H25F3N4O5/c1-34-21(32)15-10-16(22(33)35-2)12-18(11-15)28-20(31)14-29-6-3-7-30(9-8-29)19-5-4-17(13-27-19)23(24,25)26/h4-5,10-13H,3,6-9,14H2,1-2H3,(H,28,31). The van der Waals surface area contributed by atoms with E-state index in [0.717, 1.165) is 12.3 Å². The number of rotatable bonds is 6. The molecule has 0 saturated carbocycles. The van der Waals surface area contributed by atoms with Crippen LogP contribution in [0, 0.1) is 0 Å². The Bertz CT molecular complexity index is 1040. The quantitative estimate of drug-likeness (QED) is 0.612. The Hall–Kier alpha value is -3.67. The van der Waals surface area contributed by atoms with Gasteiger partial charge in [0.1, 0.15) is 5.82 Å². The summed E-state index contributed by atoms with van der Waals surface area (Å²) in [6.07, 6.45) is -2.95. The van der Waals surface area contributed by atoms with Crippen molar-refractivity contribution in [2.45, 2.75) is 12.6 Å². The lowest BCUT2D eigenvalue weighted by Crippen LogP contribution is -2.36. The maximum absolute atomic E-state index is 12.8. The van der Waals surface area contributed by atoms with Crippen LogP contribution < -0.4 is 10.2 Å². The molecule has 1 aliphatic rings. The average Bonchev–Trinajstić information content (AvgIpc) is 3.07. The van der Waals surface area contributed by atoms with Crippen LogP contribution in [0.15, 0.2) is 36.5 Å². The minimum atomic E-state index is -4.44. The number of esters is 2. The lowest BCUT2D eigenvalue weighted by atomic mass is 10.1. The Balaban J connectivity index is 1.62. The summed E-state index contributed by atoms with van der Waals surface area (Å²) in [6, 6.07) is 6.46. The summed E-state index contributed by atoms with van der Waals surface area (Å²) in [7, 11) is 2.41. The predicted molar refractivity (Wildman–Crippen MR) is 120 cm³/mol. The second kappa shape index (κ2) is 11.2. The molecule has 1 fully saturated rings. The van der Waals surface area contributed by atoms with Gasteiger partial charge in [-0.05, 0) is 36.8 Å². The van der Waals surface area contributed by atoms with Crippen molar-refractivity contribution in [3.05, 3.63) is 53.2 Å². The first kappa shape index (κ1) is 25.9. The van der Waals surface area contributed by atoms with Crippen molar-refractivity contribution in [1.82, 2.24) is 9.88 Å². The monoisotopic (exact) mass is 494 g/mol. The number of nitrogens with one attached hydrogen (secondary N) is 1. The third-order valence-corrected chi connectivity index (χ3v) is 5.41.